The zero-order valence-corrected chi connectivity index (χ0v) is 16.4. The van der Waals surface area contributed by atoms with E-state index < -0.39 is 0 Å². The van der Waals surface area contributed by atoms with E-state index in [1.165, 1.54) is 0 Å². The molecule has 23 heavy (non-hydrogen) atoms. The quantitative estimate of drug-likeness (QED) is 0.502. The van der Waals surface area contributed by atoms with Crippen LogP contribution in [0.15, 0.2) is 0 Å². The highest BCUT2D eigenvalue weighted by Crippen LogP contribution is 2.17. The second-order valence-corrected chi connectivity index (χ2v) is 7.28. The summed E-state index contributed by atoms with van der Waals surface area (Å²) in [5.41, 5.74) is 0. The van der Waals surface area contributed by atoms with Crippen molar-refractivity contribution in [3.05, 3.63) is 0 Å². The second kappa shape index (κ2) is 12.0. The number of ether oxygens (including phenoxy) is 3. The fourth-order valence-corrected chi connectivity index (χ4v) is 3.19. The van der Waals surface area contributed by atoms with E-state index in [1.54, 1.807) is 14.0 Å². The maximum Gasteiger partial charge on any atom is 0.130 e. The molecule has 6 unspecified atom stereocenters. The third kappa shape index (κ3) is 12.6. The predicted octanol–water partition coefficient (Wildman–Crippen LogP) is 4.39. The van der Waals surface area contributed by atoms with Gasteiger partial charge in [-0.05, 0) is 66.7 Å². The van der Waals surface area contributed by atoms with Gasteiger partial charge in [0.05, 0.1) is 30.5 Å². The summed E-state index contributed by atoms with van der Waals surface area (Å²) in [6.07, 6.45) is 4.19. The Morgan fingerprint density at radius 2 is 1.13 bits per heavy atom. The van der Waals surface area contributed by atoms with Crippen LogP contribution in [0.5, 0.6) is 0 Å². The third-order valence-corrected chi connectivity index (χ3v) is 4.03. The normalized spacial score (nSPS) is 19.7. The van der Waals surface area contributed by atoms with Crippen molar-refractivity contribution in [1.29, 1.82) is 0 Å². The van der Waals surface area contributed by atoms with Gasteiger partial charge in [0.1, 0.15) is 5.78 Å². The van der Waals surface area contributed by atoms with Crippen LogP contribution in [0.4, 0.5) is 0 Å². The Morgan fingerprint density at radius 3 is 1.52 bits per heavy atom. The average molecular weight is 331 g/mol. The summed E-state index contributed by atoms with van der Waals surface area (Å²) >= 11 is 0. The molecule has 6 atom stereocenters. The molecule has 0 aromatic carbocycles. The molecule has 138 valence electrons. The van der Waals surface area contributed by atoms with E-state index in [0.29, 0.717) is 12.3 Å². The van der Waals surface area contributed by atoms with Crippen molar-refractivity contribution in [1.82, 2.24) is 0 Å². The molecule has 0 aromatic rings. The van der Waals surface area contributed by atoms with E-state index in [9.17, 15) is 4.79 Å². The predicted molar refractivity (Wildman–Crippen MR) is 94.8 cm³/mol. The van der Waals surface area contributed by atoms with Gasteiger partial charge in [0.15, 0.2) is 0 Å². The standard InChI is InChI=1S/C19H38O4/c1-13(9-14(2)20)10-16(4)22-18(6)12-19(7)23-17(5)11-15(3)21-8/h13,15-19H,9-12H2,1-8H3. The number of ketones is 1. The first kappa shape index (κ1) is 22.6. The Balaban J connectivity index is 4.02. The van der Waals surface area contributed by atoms with Gasteiger partial charge in [-0.3, -0.25) is 0 Å². The molecule has 0 aliphatic carbocycles. The van der Waals surface area contributed by atoms with Gasteiger partial charge in [-0.25, -0.2) is 0 Å². The summed E-state index contributed by atoms with van der Waals surface area (Å²) in [5, 5.41) is 0. The number of methoxy groups -OCH3 is 1. The number of hydrogen-bond donors (Lipinski definition) is 0. The first-order valence-electron chi connectivity index (χ1n) is 8.97. The molecular formula is C19H38O4. The molecule has 0 fully saturated rings. The molecule has 0 saturated heterocycles. The highest BCUT2D eigenvalue weighted by atomic mass is 16.5. The number of Topliss-reactive ketones (excluding diaryl/α,β-unsaturated/α-hetero) is 1. The van der Waals surface area contributed by atoms with E-state index in [2.05, 4.69) is 41.5 Å². The van der Waals surface area contributed by atoms with E-state index in [-0.39, 0.29) is 36.3 Å². The van der Waals surface area contributed by atoms with Crippen molar-refractivity contribution in [2.45, 2.75) is 105 Å². The van der Waals surface area contributed by atoms with Crippen molar-refractivity contribution in [2.24, 2.45) is 5.92 Å². The van der Waals surface area contributed by atoms with Crippen LogP contribution in [0.25, 0.3) is 0 Å². The summed E-state index contributed by atoms with van der Waals surface area (Å²) in [6.45, 7) is 14.2. The van der Waals surface area contributed by atoms with Gasteiger partial charge < -0.3 is 19.0 Å². The highest BCUT2D eigenvalue weighted by Gasteiger charge is 2.18. The Labute approximate surface area is 143 Å². The minimum atomic E-state index is 0.150. The van der Waals surface area contributed by atoms with Gasteiger partial charge in [0.2, 0.25) is 0 Å². The van der Waals surface area contributed by atoms with Crippen LogP contribution in [-0.4, -0.2) is 43.4 Å². The van der Waals surface area contributed by atoms with Crippen molar-refractivity contribution in [3.63, 3.8) is 0 Å². The SMILES string of the molecule is COC(C)CC(C)OC(C)CC(C)OC(C)CC(C)CC(C)=O. The van der Waals surface area contributed by atoms with Gasteiger partial charge in [-0.1, -0.05) is 6.92 Å². The molecule has 0 saturated carbocycles. The highest BCUT2D eigenvalue weighted by molar-refractivity contribution is 5.75. The van der Waals surface area contributed by atoms with Crippen molar-refractivity contribution >= 4 is 5.78 Å². The molecule has 0 bridgehead atoms. The topological polar surface area (TPSA) is 44.8 Å². The van der Waals surface area contributed by atoms with Gasteiger partial charge in [0, 0.05) is 13.5 Å². The Morgan fingerprint density at radius 1 is 0.739 bits per heavy atom. The fraction of sp³-hybridized carbons (Fsp3) is 0.947. The molecule has 0 radical (unpaired) electrons. The molecule has 0 N–H and O–H groups in total. The van der Waals surface area contributed by atoms with Crippen LogP contribution in [0.1, 0.15) is 74.1 Å². The Kier molecular flexibility index (Phi) is 11.8. The monoisotopic (exact) mass is 330 g/mol. The lowest BCUT2D eigenvalue weighted by molar-refractivity contribution is -0.118. The molecule has 4 heteroatoms. The first-order chi connectivity index (χ1) is 10.6. The molecule has 0 aliphatic heterocycles. The smallest absolute Gasteiger partial charge is 0.130 e. The third-order valence-electron chi connectivity index (χ3n) is 4.03. The fourth-order valence-electron chi connectivity index (χ4n) is 3.19. The van der Waals surface area contributed by atoms with E-state index in [4.69, 9.17) is 14.2 Å². The summed E-state index contributed by atoms with van der Waals surface area (Å²) in [5.74, 6) is 0.623. The van der Waals surface area contributed by atoms with Crippen LogP contribution in [-0.2, 0) is 19.0 Å². The van der Waals surface area contributed by atoms with Crippen LogP contribution in [0.2, 0.25) is 0 Å². The zero-order valence-electron chi connectivity index (χ0n) is 16.4. The number of carbonyl (C=O) groups is 1. The lowest BCUT2D eigenvalue weighted by atomic mass is 9.98. The summed E-state index contributed by atoms with van der Waals surface area (Å²) in [4.78, 5) is 11.1. The summed E-state index contributed by atoms with van der Waals surface area (Å²) in [6, 6.07) is 0. The number of carbonyl (C=O) groups excluding carboxylic acids is 1. The van der Waals surface area contributed by atoms with E-state index in [0.717, 1.165) is 19.3 Å². The molecule has 0 rings (SSSR count). The molecule has 0 aromatic heterocycles. The Bertz CT molecular complexity index is 318. The molecule has 0 heterocycles. The van der Waals surface area contributed by atoms with Gasteiger partial charge >= 0.3 is 0 Å². The summed E-state index contributed by atoms with van der Waals surface area (Å²) < 4.78 is 17.3. The van der Waals surface area contributed by atoms with Crippen molar-refractivity contribution < 1.29 is 19.0 Å². The van der Waals surface area contributed by atoms with Crippen molar-refractivity contribution in [3.8, 4) is 0 Å². The van der Waals surface area contributed by atoms with E-state index >= 15 is 0 Å². The minimum absolute atomic E-state index is 0.150. The zero-order chi connectivity index (χ0) is 18.0. The number of hydrogen-bond acceptors (Lipinski definition) is 4. The largest absolute Gasteiger partial charge is 0.382 e. The van der Waals surface area contributed by atoms with Gasteiger partial charge in [0.25, 0.3) is 0 Å². The van der Waals surface area contributed by atoms with Crippen molar-refractivity contribution in [2.75, 3.05) is 7.11 Å². The second-order valence-electron chi connectivity index (χ2n) is 7.28. The molecular weight excluding hydrogens is 292 g/mol. The molecule has 0 aliphatic rings. The van der Waals surface area contributed by atoms with Crippen LogP contribution < -0.4 is 0 Å². The maximum absolute atomic E-state index is 11.1. The molecule has 0 amide bonds. The summed E-state index contributed by atoms with van der Waals surface area (Å²) in [7, 11) is 1.73. The Hall–Kier alpha value is -0.450. The van der Waals surface area contributed by atoms with Gasteiger partial charge in [-0.2, -0.15) is 0 Å². The van der Waals surface area contributed by atoms with Crippen LogP contribution in [0.3, 0.4) is 0 Å². The molecule has 0 spiro atoms. The number of rotatable bonds is 13. The average Bonchev–Trinajstić information content (AvgIpc) is 2.35. The minimum Gasteiger partial charge on any atom is -0.382 e. The van der Waals surface area contributed by atoms with Crippen LogP contribution >= 0.6 is 0 Å². The van der Waals surface area contributed by atoms with E-state index in [1.807, 2.05) is 0 Å². The lowest BCUT2D eigenvalue weighted by Gasteiger charge is -2.26. The molecule has 4 nitrogen and oxygen atoms in total. The lowest BCUT2D eigenvalue weighted by Crippen LogP contribution is -2.27. The van der Waals surface area contributed by atoms with Gasteiger partial charge in [-0.15, -0.1) is 0 Å². The van der Waals surface area contributed by atoms with Crippen LogP contribution in [0, 0.1) is 5.92 Å². The maximum atomic E-state index is 11.1. The first-order valence-corrected chi connectivity index (χ1v) is 8.97.